The summed E-state index contributed by atoms with van der Waals surface area (Å²) in [7, 11) is 1.58. The fraction of sp³-hybridized carbons (Fsp3) is 0.231. The lowest BCUT2D eigenvalue weighted by Gasteiger charge is -2.01. The number of nitrogens with zero attached hydrogens (tertiary/aromatic N) is 1. The molecule has 6 nitrogen and oxygen atoms in total. The second-order valence-corrected chi connectivity index (χ2v) is 3.80. The van der Waals surface area contributed by atoms with Crippen LogP contribution >= 0.6 is 0 Å². The average molecular weight is 261 g/mol. The first-order valence-electron chi connectivity index (χ1n) is 5.82. The number of H-pyrrole nitrogens is 1. The Morgan fingerprint density at radius 3 is 2.95 bits per heavy atom. The van der Waals surface area contributed by atoms with Crippen LogP contribution in [0.4, 0.5) is 5.82 Å². The normalized spacial score (nSPS) is 10.2. The zero-order chi connectivity index (χ0) is 13.8. The second-order valence-electron chi connectivity index (χ2n) is 3.80. The maximum absolute atomic E-state index is 11.6. The first kappa shape index (κ1) is 12.9. The standard InChI is InChI=1S/C13H15N3O3/c1-3-19-13(17)10-11(14)16-12(15-10)8-5-4-6-9(7-8)18-2/h4-7H,3,14H2,1-2H3,(H,15,16). The van der Waals surface area contributed by atoms with Crippen molar-refractivity contribution in [2.75, 3.05) is 19.5 Å². The Morgan fingerprint density at radius 2 is 2.26 bits per heavy atom. The van der Waals surface area contributed by atoms with E-state index in [1.54, 1.807) is 20.1 Å². The second kappa shape index (κ2) is 5.43. The van der Waals surface area contributed by atoms with E-state index in [1.165, 1.54) is 0 Å². The molecule has 0 amide bonds. The van der Waals surface area contributed by atoms with Crippen molar-refractivity contribution in [3.63, 3.8) is 0 Å². The van der Waals surface area contributed by atoms with Gasteiger partial charge >= 0.3 is 5.97 Å². The molecule has 3 N–H and O–H groups in total. The van der Waals surface area contributed by atoms with Crippen LogP contribution in [0.15, 0.2) is 24.3 Å². The minimum atomic E-state index is -0.512. The first-order chi connectivity index (χ1) is 9.15. The number of nitrogens with one attached hydrogen (secondary N) is 1. The molecule has 0 unspecified atom stereocenters. The summed E-state index contributed by atoms with van der Waals surface area (Å²) in [5, 5.41) is 0. The number of nitrogen functional groups attached to an aromatic ring is 1. The van der Waals surface area contributed by atoms with Gasteiger partial charge in [0.05, 0.1) is 13.7 Å². The van der Waals surface area contributed by atoms with Crippen LogP contribution in [0.3, 0.4) is 0 Å². The van der Waals surface area contributed by atoms with Gasteiger partial charge < -0.3 is 20.2 Å². The number of aromatic amines is 1. The number of methoxy groups -OCH3 is 1. The fourth-order valence-electron chi connectivity index (χ4n) is 1.65. The predicted molar refractivity (Wildman–Crippen MR) is 70.9 cm³/mol. The third-order valence-electron chi connectivity index (χ3n) is 2.55. The summed E-state index contributed by atoms with van der Waals surface area (Å²) in [4.78, 5) is 18.6. The van der Waals surface area contributed by atoms with Crippen molar-refractivity contribution >= 4 is 11.8 Å². The van der Waals surface area contributed by atoms with Crippen molar-refractivity contribution in [2.45, 2.75) is 6.92 Å². The lowest BCUT2D eigenvalue weighted by molar-refractivity contribution is 0.0521. The van der Waals surface area contributed by atoms with Gasteiger partial charge in [-0.1, -0.05) is 12.1 Å². The molecule has 1 aromatic carbocycles. The largest absolute Gasteiger partial charge is 0.497 e. The van der Waals surface area contributed by atoms with Gasteiger partial charge in [0, 0.05) is 5.56 Å². The van der Waals surface area contributed by atoms with Gasteiger partial charge in [-0.05, 0) is 19.1 Å². The van der Waals surface area contributed by atoms with E-state index in [2.05, 4.69) is 9.97 Å². The fourth-order valence-corrected chi connectivity index (χ4v) is 1.65. The molecule has 1 heterocycles. The summed E-state index contributed by atoms with van der Waals surface area (Å²) in [5.74, 6) is 0.808. The summed E-state index contributed by atoms with van der Waals surface area (Å²) < 4.78 is 10.0. The average Bonchev–Trinajstić information content (AvgIpc) is 2.81. The third-order valence-corrected chi connectivity index (χ3v) is 2.55. The van der Waals surface area contributed by atoms with Gasteiger partial charge in [0.2, 0.25) is 0 Å². The number of hydrogen-bond acceptors (Lipinski definition) is 5. The van der Waals surface area contributed by atoms with Crippen molar-refractivity contribution in [1.82, 2.24) is 9.97 Å². The summed E-state index contributed by atoms with van der Waals surface area (Å²) in [5.41, 5.74) is 6.65. The number of rotatable bonds is 4. The SMILES string of the molecule is CCOC(=O)c1[nH]c(-c2cccc(OC)c2)nc1N. The molecule has 0 saturated heterocycles. The van der Waals surface area contributed by atoms with Crippen LogP contribution in [0.2, 0.25) is 0 Å². The Balaban J connectivity index is 2.36. The number of esters is 1. The predicted octanol–water partition coefficient (Wildman–Crippen LogP) is 1.84. The summed E-state index contributed by atoms with van der Waals surface area (Å²) >= 11 is 0. The molecule has 0 spiro atoms. The Hall–Kier alpha value is -2.50. The molecule has 0 aliphatic rings. The molecule has 0 saturated carbocycles. The molecule has 2 aromatic rings. The van der Waals surface area contributed by atoms with Crippen molar-refractivity contribution in [3.05, 3.63) is 30.0 Å². The van der Waals surface area contributed by atoms with Gasteiger partial charge in [0.25, 0.3) is 0 Å². The van der Waals surface area contributed by atoms with Crippen LogP contribution in [0.1, 0.15) is 17.4 Å². The van der Waals surface area contributed by atoms with Crippen molar-refractivity contribution in [2.24, 2.45) is 0 Å². The zero-order valence-corrected chi connectivity index (χ0v) is 10.8. The molecular formula is C13H15N3O3. The highest BCUT2D eigenvalue weighted by atomic mass is 16.5. The molecule has 19 heavy (non-hydrogen) atoms. The summed E-state index contributed by atoms with van der Waals surface area (Å²) in [6.45, 7) is 2.01. The lowest BCUT2D eigenvalue weighted by atomic mass is 10.2. The summed E-state index contributed by atoms with van der Waals surface area (Å²) in [6, 6.07) is 7.29. The maximum Gasteiger partial charge on any atom is 0.358 e. The van der Waals surface area contributed by atoms with E-state index in [0.717, 1.165) is 5.56 Å². The van der Waals surface area contributed by atoms with Gasteiger partial charge in [-0.2, -0.15) is 0 Å². The molecule has 0 atom stereocenters. The molecule has 0 bridgehead atoms. The maximum atomic E-state index is 11.6. The molecular weight excluding hydrogens is 246 g/mol. The quantitative estimate of drug-likeness (QED) is 0.819. The molecule has 6 heteroatoms. The molecule has 1 aromatic heterocycles. The number of imidazole rings is 1. The highest BCUT2D eigenvalue weighted by molar-refractivity contribution is 5.93. The van der Waals surface area contributed by atoms with Crippen LogP contribution in [0.5, 0.6) is 5.75 Å². The Kier molecular flexibility index (Phi) is 3.70. The monoisotopic (exact) mass is 261 g/mol. The van der Waals surface area contributed by atoms with Gasteiger partial charge in [0.15, 0.2) is 11.5 Å². The topological polar surface area (TPSA) is 90.2 Å². The molecule has 0 aliphatic heterocycles. The van der Waals surface area contributed by atoms with Gasteiger partial charge in [-0.25, -0.2) is 9.78 Å². The van der Waals surface area contributed by atoms with E-state index in [1.807, 2.05) is 18.2 Å². The minimum absolute atomic E-state index is 0.122. The van der Waals surface area contributed by atoms with E-state index in [-0.39, 0.29) is 18.1 Å². The van der Waals surface area contributed by atoms with Gasteiger partial charge in [0.1, 0.15) is 11.6 Å². The lowest BCUT2D eigenvalue weighted by Crippen LogP contribution is -2.07. The Morgan fingerprint density at radius 1 is 1.47 bits per heavy atom. The third kappa shape index (κ3) is 2.67. The van der Waals surface area contributed by atoms with E-state index >= 15 is 0 Å². The van der Waals surface area contributed by atoms with E-state index in [0.29, 0.717) is 11.6 Å². The van der Waals surface area contributed by atoms with Gasteiger partial charge in [-0.3, -0.25) is 0 Å². The minimum Gasteiger partial charge on any atom is -0.497 e. The van der Waals surface area contributed by atoms with E-state index in [4.69, 9.17) is 15.2 Å². The van der Waals surface area contributed by atoms with E-state index < -0.39 is 5.97 Å². The highest BCUT2D eigenvalue weighted by Crippen LogP contribution is 2.23. The van der Waals surface area contributed by atoms with Crippen LogP contribution < -0.4 is 10.5 Å². The van der Waals surface area contributed by atoms with Crippen LogP contribution in [-0.2, 0) is 4.74 Å². The number of benzene rings is 1. The summed E-state index contributed by atoms with van der Waals surface area (Å²) in [6.07, 6.45) is 0. The van der Waals surface area contributed by atoms with Crippen LogP contribution in [-0.4, -0.2) is 29.7 Å². The van der Waals surface area contributed by atoms with Crippen molar-refractivity contribution < 1.29 is 14.3 Å². The zero-order valence-electron chi connectivity index (χ0n) is 10.8. The smallest absolute Gasteiger partial charge is 0.358 e. The number of hydrogen-bond donors (Lipinski definition) is 2. The number of carbonyl (C=O) groups is 1. The van der Waals surface area contributed by atoms with Crippen LogP contribution in [0, 0.1) is 0 Å². The first-order valence-corrected chi connectivity index (χ1v) is 5.82. The van der Waals surface area contributed by atoms with E-state index in [9.17, 15) is 4.79 Å². The van der Waals surface area contributed by atoms with Gasteiger partial charge in [-0.15, -0.1) is 0 Å². The number of anilines is 1. The molecule has 0 radical (unpaired) electrons. The number of carbonyl (C=O) groups excluding carboxylic acids is 1. The molecule has 100 valence electrons. The Labute approximate surface area is 110 Å². The highest BCUT2D eigenvalue weighted by Gasteiger charge is 2.17. The number of aromatic nitrogens is 2. The molecule has 0 aliphatic carbocycles. The number of ether oxygens (including phenoxy) is 2. The Bertz CT molecular complexity index is 593. The van der Waals surface area contributed by atoms with Crippen molar-refractivity contribution in [1.29, 1.82) is 0 Å². The molecule has 2 rings (SSSR count). The number of nitrogens with two attached hydrogens (primary N) is 1. The molecule has 0 fully saturated rings. The van der Waals surface area contributed by atoms with Crippen LogP contribution in [0.25, 0.3) is 11.4 Å². The van der Waals surface area contributed by atoms with Crippen molar-refractivity contribution in [3.8, 4) is 17.1 Å².